The van der Waals surface area contributed by atoms with E-state index >= 15 is 0 Å². The van der Waals surface area contributed by atoms with E-state index in [0.29, 0.717) is 5.82 Å². The van der Waals surface area contributed by atoms with Crippen molar-refractivity contribution in [1.82, 2.24) is 15.2 Å². The van der Waals surface area contributed by atoms with E-state index in [4.69, 9.17) is 9.72 Å². The third-order valence-electron chi connectivity index (χ3n) is 3.99. The second-order valence-corrected chi connectivity index (χ2v) is 6.86. The van der Waals surface area contributed by atoms with Crippen molar-refractivity contribution in [2.45, 2.75) is 9.92 Å². The Morgan fingerprint density at radius 1 is 0.741 bits per heavy atom. The quantitative estimate of drug-likeness (QED) is 0.472. The van der Waals surface area contributed by atoms with Crippen molar-refractivity contribution >= 4 is 11.8 Å². The van der Waals surface area contributed by atoms with Crippen LogP contribution in [0.15, 0.2) is 94.9 Å². The zero-order valence-electron chi connectivity index (χ0n) is 14.7. The Labute approximate surface area is 162 Å². The summed E-state index contributed by atoms with van der Waals surface area (Å²) >= 11 is 1.55. The maximum absolute atomic E-state index is 5.34. The Balaban J connectivity index is 1.80. The first-order valence-electron chi connectivity index (χ1n) is 8.51. The van der Waals surface area contributed by atoms with Gasteiger partial charge in [0.05, 0.1) is 7.11 Å². The lowest BCUT2D eigenvalue weighted by Gasteiger charge is -2.10. The minimum absolute atomic E-state index is 0.612. The third-order valence-corrected chi connectivity index (χ3v) is 4.96. The van der Waals surface area contributed by atoms with Gasteiger partial charge in [0.1, 0.15) is 16.5 Å². The SMILES string of the molecule is COc1cccc(Sc2nc(-c3ccccc3)nnc2-c2ccccc2)c1. The Hall–Kier alpha value is -3.18. The lowest BCUT2D eigenvalue weighted by Crippen LogP contribution is -1.99. The molecule has 5 heteroatoms. The number of ether oxygens (including phenoxy) is 1. The molecule has 0 aliphatic heterocycles. The summed E-state index contributed by atoms with van der Waals surface area (Å²) in [5.74, 6) is 1.42. The van der Waals surface area contributed by atoms with Gasteiger partial charge < -0.3 is 4.74 Å². The third kappa shape index (κ3) is 3.99. The molecule has 4 aromatic rings. The highest BCUT2D eigenvalue weighted by Gasteiger charge is 2.14. The Morgan fingerprint density at radius 2 is 1.44 bits per heavy atom. The van der Waals surface area contributed by atoms with E-state index < -0.39 is 0 Å². The summed E-state index contributed by atoms with van der Waals surface area (Å²) < 4.78 is 5.34. The van der Waals surface area contributed by atoms with Crippen LogP contribution in [0.2, 0.25) is 0 Å². The largest absolute Gasteiger partial charge is 0.497 e. The van der Waals surface area contributed by atoms with Crippen LogP contribution in [0.4, 0.5) is 0 Å². The summed E-state index contributed by atoms with van der Waals surface area (Å²) in [7, 11) is 1.67. The smallest absolute Gasteiger partial charge is 0.182 e. The van der Waals surface area contributed by atoms with Gasteiger partial charge in [-0.2, -0.15) is 0 Å². The van der Waals surface area contributed by atoms with Crippen molar-refractivity contribution in [3.8, 4) is 28.4 Å². The molecule has 0 amide bonds. The number of nitrogens with zero attached hydrogens (tertiary/aromatic N) is 3. The van der Waals surface area contributed by atoms with E-state index in [1.54, 1.807) is 18.9 Å². The van der Waals surface area contributed by atoms with Crippen molar-refractivity contribution in [3.63, 3.8) is 0 Å². The zero-order chi connectivity index (χ0) is 18.5. The van der Waals surface area contributed by atoms with Gasteiger partial charge in [-0.05, 0) is 18.2 Å². The molecule has 0 aliphatic rings. The summed E-state index contributed by atoms with van der Waals surface area (Å²) in [6.45, 7) is 0. The molecule has 3 aromatic carbocycles. The number of aromatic nitrogens is 3. The lowest BCUT2D eigenvalue weighted by molar-refractivity contribution is 0.413. The molecule has 1 heterocycles. The molecule has 0 aliphatic carbocycles. The first kappa shape index (κ1) is 17.2. The van der Waals surface area contributed by atoms with Crippen LogP contribution in [-0.2, 0) is 0 Å². The van der Waals surface area contributed by atoms with Crippen molar-refractivity contribution in [1.29, 1.82) is 0 Å². The molecule has 1 aromatic heterocycles. The second-order valence-electron chi connectivity index (χ2n) is 5.80. The van der Waals surface area contributed by atoms with Gasteiger partial charge in [-0.15, -0.1) is 10.2 Å². The first-order chi connectivity index (χ1) is 13.3. The van der Waals surface area contributed by atoms with Gasteiger partial charge in [-0.1, -0.05) is 78.5 Å². The van der Waals surface area contributed by atoms with Crippen molar-refractivity contribution in [3.05, 3.63) is 84.9 Å². The summed E-state index contributed by atoms with van der Waals surface area (Å²) in [4.78, 5) is 5.85. The lowest BCUT2D eigenvalue weighted by atomic mass is 10.2. The van der Waals surface area contributed by atoms with Crippen molar-refractivity contribution in [2.24, 2.45) is 0 Å². The molecule has 0 bridgehead atoms. The molecule has 0 fully saturated rings. The maximum Gasteiger partial charge on any atom is 0.182 e. The predicted molar refractivity (Wildman–Crippen MR) is 108 cm³/mol. The molecule has 27 heavy (non-hydrogen) atoms. The van der Waals surface area contributed by atoms with E-state index in [-0.39, 0.29) is 0 Å². The molecular weight excluding hydrogens is 354 g/mol. The van der Waals surface area contributed by atoms with Gasteiger partial charge in [0, 0.05) is 16.0 Å². The molecule has 0 atom stereocenters. The molecule has 0 unspecified atom stereocenters. The molecule has 0 saturated heterocycles. The van der Waals surface area contributed by atoms with Crippen LogP contribution in [-0.4, -0.2) is 22.3 Å². The summed E-state index contributed by atoms with van der Waals surface area (Å²) in [6, 6.07) is 27.8. The number of hydrogen-bond donors (Lipinski definition) is 0. The molecule has 4 nitrogen and oxygen atoms in total. The average molecular weight is 371 g/mol. The van der Waals surface area contributed by atoms with Crippen molar-refractivity contribution < 1.29 is 4.74 Å². The minimum Gasteiger partial charge on any atom is -0.497 e. The minimum atomic E-state index is 0.612. The summed E-state index contributed by atoms with van der Waals surface area (Å²) in [6.07, 6.45) is 0. The monoisotopic (exact) mass is 371 g/mol. The average Bonchev–Trinajstić information content (AvgIpc) is 2.75. The molecular formula is C22H17N3OS. The topological polar surface area (TPSA) is 47.9 Å². The van der Waals surface area contributed by atoms with Crippen LogP contribution >= 0.6 is 11.8 Å². The van der Waals surface area contributed by atoms with Crippen LogP contribution < -0.4 is 4.74 Å². The number of hydrogen-bond acceptors (Lipinski definition) is 5. The van der Waals surface area contributed by atoms with Gasteiger partial charge in [-0.3, -0.25) is 0 Å². The highest BCUT2D eigenvalue weighted by Crippen LogP contribution is 2.35. The van der Waals surface area contributed by atoms with Gasteiger partial charge in [0.25, 0.3) is 0 Å². The van der Waals surface area contributed by atoms with Gasteiger partial charge in [0.2, 0.25) is 0 Å². The van der Waals surface area contributed by atoms with Gasteiger partial charge in [-0.25, -0.2) is 4.98 Å². The molecule has 0 saturated carbocycles. The zero-order valence-corrected chi connectivity index (χ0v) is 15.6. The normalized spacial score (nSPS) is 10.6. The number of benzene rings is 3. The fourth-order valence-corrected chi connectivity index (χ4v) is 3.58. The van der Waals surface area contributed by atoms with Crippen molar-refractivity contribution in [2.75, 3.05) is 7.11 Å². The maximum atomic E-state index is 5.34. The van der Waals surface area contributed by atoms with Crippen LogP contribution in [0.3, 0.4) is 0 Å². The molecule has 132 valence electrons. The van der Waals surface area contributed by atoms with E-state index in [9.17, 15) is 0 Å². The fraction of sp³-hybridized carbons (Fsp3) is 0.0455. The molecule has 0 N–H and O–H groups in total. The summed E-state index contributed by atoms with van der Waals surface area (Å²) in [5, 5.41) is 9.67. The molecule has 0 radical (unpaired) electrons. The van der Waals surface area contributed by atoms with Crippen LogP contribution in [0.25, 0.3) is 22.6 Å². The van der Waals surface area contributed by atoms with E-state index in [1.807, 2.05) is 84.9 Å². The fourth-order valence-electron chi connectivity index (χ4n) is 2.65. The number of methoxy groups -OCH3 is 1. The number of rotatable bonds is 5. The highest BCUT2D eigenvalue weighted by molar-refractivity contribution is 7.99. The van der Waals surface area contributed by atoms with E-state index in [1.165, 1.54) is 0 Å². The van der Waals surface area contributed by atoms with E-state index in [0.717, 1.165) is 32.5 Å². The molecule has 4 rings (SSSR count). The van der Waals surface area contributed by atoms with E-state index in [2.05, 4.69) is 10.2 Å². The van der Waals surface area contributed by atoms with Gasteiger partial charge >= 0.3 is 0 Å². The van der Waals surface area contributed by atoms with Gasteiger partial charge in [0.15, 0.2) is 5.82 Å². The molecule has 0 spiro atoms. The highest BCUT2D eigenvalue weighted by atomic mass is 32.2. The Kier molecular flexibility index (Phi) is 5.12. The Morgan fingerprint density at radius 3 is 2.15 bits per heavy atom. The predicted octanol–water partition coefficient (Wildman–Crippen LogP) is 5.37. The van der Waals surface area contributed by atoms with Crippen LogP contribution in [0.1, 0.15) is 0 Å². The first-order valence-corrected chi connectivity index (χ1v) is 9.32. The summed E-state index contributed by atoms with van der Waals surface area (Å²) in [5.41, 5.74) is 2.70. The standard InChI is InChI=1S/C22H17N3OS/c1-26-18-13-8-14-19(15-18)27-22-20(16-9-4-2-5-10-16)24-25-21(23-22)17-11-6-3-7-12-17/h2-15H,1H3. The second kappa shape index (κ2) is 8.01. The van der Waals surface area contributed by atoms with Crippen LogP contribution in [0, 0.1) is 0 Å². The van der Waals surface area contributed by atoms with Crippen LogP contribution in [0.5, 0.6) is 5.75 Å². The Bertz CT molecular complexity index is 1040.